The Hall–Kier alpha value is -1.15. The zero-order valence-corrected chi connectivity index (χ0v) is 35.6. The van der Waals surface area contributed by atoms with Gasteiger partial charge in [0.25, 0.3) is 0 Å². The van der Waals surface area contributed by atoms with Gasteiger partial charge in [-0.2, -0.15) is 0 Å². The van der Waals surface area contributed by atoms with E-state index in [0.717, 1.165) is 38.5 Å². The van der Waals surface area contributed by atoms with Crippen LogP contribution in [0.1, 0.15) is 200 Å². The highest BCUT2D eigenvalue weighted by atomic mass is 16.7. The summed E-state index contributed by atoms with van der Waals surface area (Å²) in [7, 11) is 0. The number of aliphatic hydroxyl groups excluding tert-OH is 7. The molecule has 1 rings (SSSR count). The Morgan fingerprint density at radius 3 is 1.54 bits per heavy atom. The van der Waals surface area contributed by atoms with Gasteiger partial charge in [0.1, 0.15) is 36.6 Å². The number of rotatable bonds is 38. The van der Waals surface area contributed by atoms with E-state index in [4.69, 9.17) is 9.47 Å². The van der Waals surface area contributed by atoms with Gasteiger partial charge in [-0.15, -0.1) is 0 Å². The van der Waals surface area contributed by atoms with E-state index in [2.05, 4.69) is 31.3 Å². The smallest absolute Gasteiger partial charge is 0.249 e. The lowest BCUT2D eigenvalue weighted by atomic mass is 9.98. The van der Waals surface area contributed by atoms with Crippen LogP contribution in [0.5, 0.6) is 0 Å². The van der Waals surface area contributed by atoms with Crippen LogP contribution in [0.25, 0.3) is 0 Å². The highest BCUT2D eigenvalue weighted by molar-refractivity contribution is 5.80. The Morgan fingerprint density at radius 2 is 1.05 bits per heavy atom. The molecule has 0 aromatic rings. The zero-order chi connectivity index (χ0) is 41.2. The molecule has 9 atom stereocenters. The Bertz CT molecular complexity index is 923. The van der Waals surface area contributed by atoms with Crippen LogP contribution in [0.15, 0.2) is 12.2 Å². The molecule has 0 bridgehead atoms. The summed E-state index contributed by atoms with van der Waals surface area (Å²) in [5, 5.41) is 75.6. The van der Waals surface area contributed by atoms with Gasteiger partial charge in [0.15, 0.2) is 6.29 Å². The number of amides is 1. The van der Waals surface area contributed by atoms with E-state index in [9.17, 15) is 40.5 Å². The van der Waals surface area contributed by atoms with Crippen molar-refractivity contribution in [1.82, 2.24) is 5.32 Å². The van der Waals surface area contributed by atoms with Crippen molar-refractivity contribution in [3.63, 3.8) is 0 Å². The number of nitrogens with one attached hydrogen (secondary N) is 1. The maximum atomic E-state index is 13.1. The lowest BCUT2D eigenvalue weighted by Gasteiger charge is -2.40. The topological polar surface area (TPSA) is 189 Å². The predicted octanol–water partition coefficient (Wildman–Crippen LogP) is 7.28. The van der Waals surface area contributed by atoms with Crippen molar-refractivity contribution in [2.75, 3.05) is 13.2 Å². The molecule has 0 aliphatic carbocycles. The quantitative estimate of drug-likeness (QED) is 0.0233. The molecule has 8 N–H and O–H groups in total. The summed E-state index contributed by atoms with van der Waals surface area (Å²) in [4.78, 5) is 13.1. The first-order chi connectivity index (χ1) is 27.2. The van der Waals surface area contributed by atoms with Crippen LogP contribution in [-0.4, -0.2) is 110 Å². The molecule has 332 valence electrons. The molecule has 0 spiro atoms. The first-order valence-electron chi connectivity index (χ1n) is 23.1. The van der Waals surface area contributed by atoms with Crippen molar-refractivity contribution in [2.45, 2.75) is 255 Å². The highest BCUT2D eigenvalue weighted by Gasteiger charge is 2.44. The normalized spacial score (nSPS) is 22.3. The summed E-state index contributed by atoms with van der Waals surface area (Å²) in [6.45, 7) is 3.42. The summed E-state index contributed by atoms with van der Waals surface area (Å²) in [5.41, 5.74) is 0. The van der Waals surface area contributed by atoms with Gasteiger partial charge < -0.3 is 50.5 Å². The minimum Gasteiger partial charge on any atom is -0.394 e. The second-order valence-corrected chi connectivity index (χ2v) is 16.5. The third-order valence-corrected chi connectivity index (χ3v) is 11.3. The van der Waals surface area contributed by atoms with E-state index in [0.29, 0.717) is 12.8 Å². The molecule has 9 unspecified atom stereocenters. The Balaban J connectivity index is 2.48. The van der Waals surface area contributed by atoms with Crippen LogP contribution in [-0.2, 0) is 14.3 Å². The number of carbonyl (C=O) groups excluding carboxylic acids is 1. The fourth-order valence-corrected chi connectivity index (χ4v) is 7.44. The van der Waals surface area contributed by atoms with E-state index < -0.39 is 74.2 Å². The van der Waals surface area contributed by atoms with Gasteiger partial charge in [0, 0.05) is 0 Å². The Morgan fingerprint density at radius 1 is 0.607 bits per heavy atom. The number of hydrogen-bond donors (Lipinski definition) is 8. The summed E-state index contributed by atoms with van der Waals surface area (Å²) in [5.74, 6) is -0.705. The van der Waals surface area contributed by atoms with Crippen molar-refractivity contribution in [3.05, 3.63) is 12.2 Å². The zero-order valence-electron chi connectivity index (χ0n) is 35.6. The Kier molecular flexibility index (Phi) is 33.8. The van der Waals surface area contributed by atoms with Crippen LogP contribution in [0, 0.1) is 0 Å². The number of unbranched alkanes of at least 4 members (excludes halogenated alkanes) is 24. The molecular formula is C45H87NO10. The number of aliphatic hydroxyl groups is 7. The van der Waals surface area contributed by atoms with Crippen molar-refractivity contribution in [3.8, 4) is 0 Å². The van der Waals surface area contributed by atoms with Crippen LogP contribution < -0.4 is 5.32 Å². The monoisotopic (exact) mass is 802 g/mol. The highest BCUT2D eigenvalue weighted by Crippen LogP contribution is 2.23. The minimum absolute atomic E-state index is 0.258. The first-order valence-corrected chi connectivity index (χ1v) is 23.1. The molecule has 0 aromatic heterocycles. The second kappa shape index (κ2) is 35.8. The fraction of sp³-hybridized carbons (Fsp3) is 0.933. The average molecular weight is 802 g/mol. The standard InChI is InChI=1S/C45H87NO10/c1-3-5-7-9-11-13-15-17-19-21-23-25-27-29-31-33-38(49)44(54)46-36(35-55-45-43(53)42(52)41(51)39(34-47)56-45)40(50)37(48)32-30-28-26-24-22-20-18-16-14-12-10-8-6-4-2/h24,26,36-43,45,47-53H,3-23,25,27-35H2,1-2H3,(H,46,54)/b26-24+. The molecule has 1 fully saturated rings. The summed E-state index contributed by atoms with van der Waals surface area (Å²) in [6, 6.07) is -1.18. The van der Waals surface area contributed by atoms with Gasteiger partial charge in [-0.1, -0.05) is 174 Å². The largest absolute Gasteiger partial charge is 0.394 e. The summed E-state index contributed by atoms with van der Waals surface area (Å²) < 4.78 is 11.1. The summed E-state index contributed by atoms with van der Waals surface area (Å²) in [6.07, 6.45) is 25.5. The number of allylic oxidation sites excluding steroid dienone is 2. The molecule has 11 heteroatoms. The third-order valence-electron chi connectivity index (χ3n) is 11.3. The molecule has 1 aliphatic heterocycles. The van der Waals surface area contributed by atoms with Gasteiger partial charge >= 0.3 is 0 Å². The fourth-order valence-electron chi connectivity index (χ4n) is 7.44. The van der Waals surface area contributed by atoms with Gasteiger partial charge in [-0.25, -0.2) is 0 Å². The van der Waals surface area contributed by atoms with Crippen LogP contribution >= 0.6 is 0 Å². The van der Waals surface area contributed by atoms with Crippen molar-refractivity contribution < 1.29 is 50.0 Å². The molecule has 1 saturated heterocycles. The molecule has 56 heavy (non-hydrogen) atoms. The van der Waals surface area contributed by atoms with E-state index in [1.807, 2.05) is 0 Å². The molecule has 1 aliphatic rings. The SMILES string of the molecule is CCCCCCCCCCC/C=C/CCCC(O)C(O)C(COC1OC(CO)C(O)C(O)C1O)NC(=O)C(O)CCCCCCCCCCCCCCCCC. The van der Waals surface area contributed by atoms with E-state index in [1.165, 1.54) is 122 Å². The lowest BCUT2D eigenvalue weighted by Crippen LogP contribution is -2.60. The third kappa shape index (κ3) is 25.4. The molecule has 1 heterocycles. The Labute approximate surface area is 341 Å². The van der Waals surface area contributed by atoms with Crippen LogP contribution in [0.4, 0.5) is 0 Å². The molecule has 11 nitrogen and oxygen atoms in total. The summed E-state index contributed by atoms with van der Waals surface area (Å²) >= 11 is 0. The second-order valence-electron chi connectivity index (χ2n) is 16.5. The number of carbonyl (C=O) groups is 1. The van der Waals surface area contributed by atoms with Gasteiger partial charge in [-0.05, 0) is 38.5 Å². The number of ether oxygens (including phenoxy) is 2. The van der Waals surface area contributed by atoms with Gasteiger partial charge in [0.2, 0.25) is 5.91 Å². The molecular weight excluding hydrogens is 714 g/mol. The van der Waals surface area contributed by atoms with E-state index >= 15 is 0 Å². The maximum Gasteiger partial charge on any atom is 0.249 e. The van der Waals surface area contributed by atoms with Crippen molar-refractivity contribution in [2.24, 2.45) is 0 Å². The van der Waals surface area contributed by atoms with E-state index in [1.54, 1.807) is 0 Å². The van der Waals surface area contributed by atoms with Crippen LogP contribution in [0.3, 0.4) is 0 Å². The van der Waals surface area contributed by atoms with Gasteiger partial charge in [0.05, 0.1) is 25.4 Å². The van der Waals surface area contributed by atoms with E-state index in [-0.39, 0.29) is 12.8 Å². The lowest BCUT2D eigenvalue weighted by molar-refractivity contribution is -0.303. The average Bonchev–Trinajstić information content (AvgIpc) is 3.20. The molecule has 0 saturated carbocycles. The first kappa shape index (κ1) is 52.9. The maximum absolute atomic E-state index is 13.1. The minimum atomic E-state index is -1.66. The number of hydrogen-bond acceptors (Lipinski definition) is 10. The van der Waals surface area contributed by atoms with Crippen LogP contribution in [0.2, 0.25) is 0 Å². The molecule has 0 radical (unpaired) electrons. The predicted molar refractivity (Wildman–Crippen MR) is 224 cm³/mol. The van der Waals surface area contributed by atoms with Crippen molar-refractivity contribution in [1.29, 1.82) is 0 Å². The van der Waals surface area contributed by atoms with Crippen molar-refractivity contribution >= 4 is 5.91 Å². The molecule has 0 aromatic carbocycles. The molecule has 1 amide bonds. The van der Waals surface area contributed by atoms with Gasteiger partial charge in [-0.3, -0.25) is 4.79 Å².